The van der Waals surface area contributed by atoms with E-state index in [0.717, 1.165) is 18.7 Å². The van der Waals surface area contributed by atoms with Crippen molar-refractivity contribution in [3.8, 4) is 5.75 Å². The first kappa shape index (κ1) is 18.5. The van der Waals surface area contributed by atoms with Gasteiger partial charge in [-0.25, -0.2) is 9.48 Å². The van der Waals surface area contributed by atoms with Crippen LogP contribution in [0.25, 0.3) is 0 Å². The quantitative estimate of drug-likeness (QED) is 0.824. The van der Waals surface area contributed by atoms with Gasteiger partial charge in [-0.1, -0.05) is 16.8 Å². The maximum Gasteiger partial charge on any atom is 0.322 e. The van der Waals surface area contributed by atoms with E-state index in [0.29, 0.717) is 42.5 Å². The second kappa shape index (κ2) is 7.67. The van der Waals surface area contributed by atoms with E-state index in [4.69, 9.17) is 16.3 Å². The first-order valence-corrected chi connectivity index (χ1v) is 9.49. The average Bonchev–Trinajstić information content (AvgIpc) is 3.24. The minimum atomic E-state index is -0.222. The second-order valence-corrected chi connectivity index (χ2v) is 7.38. The minimum Gasteiger partial charge on any atom is -0.495 e. The molecule has 9 nitrogen and oxygen atoms in total. The van der Waals surface area contributed by atoms with Crippen molar-refractivity contribution in [1.29, 1.82) is 0 Å². The molecule has 1 aromatic heterocycles. The summed E-state index contributed by atoms with van der Waals surface area (Å²) >= 11 is 6.00. The second-order valence-electron chi connectivity index (χ2n) is 6.94. The van der Waals surface area contributed by atoms with E-state index in [1.807, 2.05) is 6.20 Å². The fourth-order valence-corrected chi connectivity index (χ4v) is 3.56. The monoisotopic (exact) mass is 404 g/mol. The van der Waals surface area contributed by atoms with E-state index >= 15 is 0 Å². The molecule has 0 bridgehead atoms. The van der Waals surface area contributed by atoms with Gasteiger partial charge >= 0.3 is 6.03 Å². The zero-order chi connectivity index (χ0) is 19.7. The highest BCUT2D eigenvalue weighted by atomic mass is 35.5. The molecule has 3 amide bonds. The Balaban J connectivity index is 1.31. The fourth-order valence-electron chi connectivity index (χ4n) is 3.39. The summed E-state index contributed by atoms with van der Waals surface area (Å²) in [5.74, 6) is 0.713. The largest absolute Gasteiger partial charge is 0.495 e. The van der Waals surface area contributed by atoms with E-state index < -0.39 is 0 Å². The minimum absolute atomic E-state index is 0.0718. The number of methoxy groups -OCH3 is 1. The maximum atomic E-state index is 12.4. The molecule has 0 atom stereocenters. The molecule has 2 saturated heterocycles. The van der Waals surface area contributed by atoms with Crippen LogP contribution in [0.4, 0.5) is 10.5 Å². The molecular formula is C18H21ClN6O3. The number of aromatic nitrogens is 3. The number of hydrogen-bond donors (Lipinski definition) is 1. The van der Waals surface area contributed by atoms with Gasteiger partial charge in [-0.3, -0.25) is 4.79 Å². The normalized spacial score (nSPS) is 17.0. The highest BCUT2D eigenvalue weighted by Crippen LogP contribution is 2.29. The smallest absolute Gasteiger partial charge is 0.322 e. The van der Waals surface area contributed by atoms with Crippen LogP contribution in [-0.4, -0.2) is 63.5 Å². The van der Waals surface area contributed by atoms with Crippen molar-refractivity contribution < 1.29 is 14.3 Å². The Hall–Kier alpha value is -2.81. The van der Waals surface area contributed by atoms with Gasteiger partial charge in [0.15, 0.2) is 0 Å². The van der Waals surface area contributed by atoms with E-state index in [2.05, 4.69) is 15.6 Å². The van der Waals surface area contributed by atoms with Crippen LogP contribution in [0.15, 0.2) is 24.4 Å². The van der Waals surface area contributed by atoms with E-state index in [-0.39, 0.29) is 18.0 Å². The molecule has 28 heavy (non-hydrogen) atoms. The number of carbonyl (C=O) groups excluding carboxylic acids is 2. The predicted molar refractivity (Wildman–Crippen MR) is 102 cm³/mol. The number of hydrogen-bond acceptors (Lipinski definition) is 5. The third-order valence-electron chi connectivity index (χ3n) is 5.01. The van der Waals surface area contributed by atoms with Gasteiger partial charge in [0.25, 0.3) is 0 Å². The molecule has 0 aliphatic carbocycles. The Morgan fingerprint density at radius 1 is 1.39 bits per heavy atom. The van der Waals surface area contributed by atoms with Gasteiger partial charge in [0.05, 0.1) is 31.6 Å². The zero-order valence-electron chi connectivity index (χ0n) is 15.5. The molecule has 1 N–H and O–H groups in total. The lowest BCUT2D eigenvalue weighted by molar-refractivity contribution is -0.128. The Labute approximate surface area is 167 Å². The number of rotatable bonds is 5. The Kier molecular flexibility index (Phi) is 5.08. The summed E-state index contributed by atoms with van der Waals surface area (Å²) in [5.41, 5.74) is 1.29. The van der Waals surface area contributed by atoms with E-state index in [1.165, 1.54) is 7.11 Å². The van der Waals surface area contributed by atoms with Crippen LogP contribution in [0.5, 0.6) is 5.75 Å². The standard InChI is InChI=1S/C18H21ClN6O3/c1-28-16-5-4-12(19)7-15(16)20-18(27)24-10-14(11-24)25-9-13(21-22-25)8-23-6-2-3-17(23)26/h4-5,7,9,14H,2-3,6,8,10-11H2,1H3,(H,20,27). The maximum absolute atomic E-state index is 12.4. The lowest BCUT2D eigenvalue weighted by atomic mass is 10.1. The Morgan fingerprint density at radius 3 is 2.93 bits per heavy atom. The molecule has 148 valence electrons. The van der Waals surface area contributed by atoms with Crippen molar-refractivity contribution in [2.45, 2.75) is 25.4 Å². The third-order valence-corrected chi connectivity index (χ3v) is 5.24. The van der Waals surface area contributed by atoms with Crippen molar-refractivity contribution in [2.75, 3.05) is 32.1 Å². The number of nitrogens with one attached hydrogen (secondary N) is 1. The van der Waals surface area contributed by atoms with Gasteiger partial charge in [0.2, 0.25) is 5.91 Å². The summed E-state index contributed by atoms with van der Waals surface area (Å²) < 4.78 is 7.01. The van der Waals surface area contributed by atoms with Crippen LogP contribution >= 0.6 is 11.6 Å². The summed E-state index contributed by atoms with van der Waals surface area (Å²) in [5, 5.41) is 11.7. The highest BCUT2D eigenvalue weighted by molar-refractivity contribution is 6.31. The van der Waals surface area contributed by atoms with Gasteiger partial charge in [0, 0.05) is 31.1 Å². The molecule has 10 heteroatoms. The number of ether oxygens (including phenoxy) is 1. The Bertz CT molecular complexity index is 895. The number of carbonyl (C=O) groups is 2. The van der Waals surface area contributed by atoms with E-state index in [9.17, 15) is 9.59 Å². The zero-order valence-corrected chi connectivity index (χ0v) is 16.2. The molecule has 2 aromatic rings. The van der Waals surface area contributed by atoms with Gasteiger partial charge in [-0.05, 0) is 24.6 Å². The SMILES string of the molecule is COc1ccc(Cl)cc1NC(=O)N1CC(n2cc(CN3CCCC3=O)nn2)C1. The summed E-state index contributed by atoms with van der Waals surface area (Å²) in [6.45, 7) is 2.32. The third kappa shape index (κ3) is 3.75. The van der Waals surface area contributed by atoms with Crippen LogP contribution < -0.4 is 10.1 Å². The number of anilines is 1. The average molecular weight is 405 g/mol. The molecule has 1 aromatic carbocycles. The van der Waals surface area contributed by atoms with Crippen LogP contribution in [0, 0.1) is 0 Å². The lowest BCUT2D eigenvalue weighted by Crippen LogP contribution is -2.52. The fraction of sp³-hybridized carbons (Fsp3) is 0.444. The van der Waals surface area contributed by atoms with Crippen LogP contribution in [0.3, 0.4) is 0 Å². The number of likely N-dealkylation sites (tertiary alicyclic amines) is 2. The number of nitrogens with zero attached hydrogens (tertiary/aromatic N) is 5. The Morgan fingerprint density at radius 2 is 2.21 bits per heavy atom. The molecule has 2 aliphatic heterocycles. The molecule has 4 rings (SSSR count). The molecule has 0 unspecified atom stereocenters. The number of urea groups is 1. The molecule has 0 radical (unpaired) electrons. The van der Waals surface area contributed by atoms with Gasteiger partial charge in [-0.2, -0.15) is 0 Å². The number of halogens is 1. The van der Waals surface area contributed by atoms with Crippen molar-refractivity contribution in [3.63, 3.8) is 0 Å². The van der Waals surface area contributed by atoms with Crippen molar-refractivity contribution in [2.24, 2.45) is 0 Å². The molecule has 3 heterocycles. The van der Waals surface area contributed by atoms with Crippen LogP contribution in [-0.2, 0) is 11.3 Å². The predicted octanol–water partition coefficient (Wildman–Crippen LogP) is 2.15. The molecule has 2 fully saturated rings. The summed E-state index contributed by atoms with van der Waals surface area (Å²) in [4.78, 5) is 27.6. The van der Waals surface area contributed by atoms with Crippen LogP contribution in [0.2, 0.25) is 5.02 Å². The lowest BCUT2D eigenvalue weighted by Gasteiger charge is -2.38. The number of amides is 3. The molecule has 0 saturated carbocycles. The first-order chi connectivity index (χ1) is 13.5. The van der Waals surface area contributed by atoms with Crippen molar-refractivity contribution in [3.05, 3.63) is 35.1 Å². The summed E-state index contributed by atoms with van der Waals surface area (Å²) in [6, 6.07) is 4.91. The van der Waals surface area contributed by atoms with Gasteiger partial charge < -0.3 is 19.9 Å². The number of benzene rings is 1. The highest BCUT2D eigenvalue weighted by Gasteiger charge is 2.33. The van der Waals surface area contributed by atoms with Crippen molar-refractivity contribution >= 4 is 29.2 Å². The molecule has 0 spiro atoms. The van der Waals surface area contributed by atoms with Crippen LogP contribution in [0.1, 0.15) is 24.6 Å². The summed E-state index contributed by atoms with van der Waals surface area (Å²) in [7, 11) is 1.54. The molecular weight excluding hydrogens is 384 g/mol. The van der Waals surface area contributed by atoms with Crippen molar-refractivity contribution in [1.82, 2.24) is 24.8 Å². The topological polar surface area (TPSA) is 92.6 Å². The first-order valence-electron chi connectivity index (χ1n) is 9.11. The van der Waals surface area contributed by atoms with Gasteiger partial charge in [0.1, 0.15) is 11.4 Å². The molecule has 2 aliphatic rings. The van der Waals surface area contributed by atoms with Gasteiger partial charge in [-0.15, -0.1) is 5.10 Å². The summed E-state index contributed by atoms with van der Waals surface area (Å²) in [6.07, 6.45) is 3.36. The van der Waals surface area contributed by atoms with E-state index in [1.54, 1.807) is 32.7 Å².